The van der Waals surface area contributed by atoms with Crippen LogP contribution in [-0.4, -0.2) is 10.1 Å². The Bertz CT molecular complexity index is 548. The van der Waals surface area contributed by atoms with Gasteiger partial charge in [0, 0.05) is 18.0 Å². The lowest BCUT2D eigenvalue weighted by Crippen LogP contribution is -2.02. The third-order valence-electron chi connectivity index (χ3n) is 3.12. The van der Waals surface area contributed by atoms with E-state index < -0.39 is 6.10 Å². The van der Waals surface area contributed by atoms with Crippen LogP contribution >= 0.6 is 0 Å². The molecule has 0 amide bonds. The Kier molecular flexibility index (Phi) is 4.33. The summed E-state index contributed by atoms with van der Waals surface area (Å²) in [7, 11) is 0. The number of hydrogen-bond acceptors (Lipinski definition) is 2. The molecule has 2 nitrogen and oxygen atoms in total. The minimum atomic E-state index is -0.598. The normalized spacial score (nSPS) is 12.7. The summed E-state index contributed by atoms with van der Waals surface area (Å²) in [4.78, 5) is 4.14. The molecule has 1 unspecified atom stereocenters. The molecule has 0 spiro atoms. The summed E-state index contributed by atoms with van der Waals surface area (Å²) in [6.07, 6.45) is 3.96. The molecular formula is C17H21NO. The summed E-state index contributed by atoms with van der Waals surface area (Å²) in [5.41, 5.74) is 4.12. The van der Waals surface area contributed by atoms with Crippen molar-refractivity contribution in [2.24, 2.45) is 5.92 Å². The highest BCUT2D eigenvalue weighted by molar-refractivity contribution is 5.32. The van der Waals surface area contributed by atoms with Crippen molar-refractivity contribution >= 4 is 0 Å². The highest BCUT2D eigenvalue weighted by Crippen LogP contribution is 2.23. The Hall–Kier alpha value is -1.67. The Labute approximate surface area is 115 Å². The first-order chi connectivity index (χ1) is 9.06. The van der Waals surface area contributed by atoms with Gasteiger partial charge in [-0.3, -0.25) is 4.98 Å². The lowest BCUT2D eigenvalue weighted by Gasteiger charge is -2.13. The number of pyridine rings is 1. The lowest BCUT2D eigenvalue weighted by atomic mass is 9.96. The van der Waals surface area contributed by atoms with Gasteiger partial charge < -0.3 is 5.11 Å². The van der Waals surface area contributed by atoms with Crippen LogP contribution in [0.15, 0.2) is 42.7 Å². The smallest absolute Gasteiger partial charge is 0.106 e. The molecule has 0 saturated heterocycles. The molecule has 2 heteroatoms. The van der Waals surface area contributed by atoms with E-state index in [-0.39, 0.29) is 0 Å². The maximum Gasteiger partial charge on any atom is 0.106 e. The summed E-state index contributed by atoms with van der Waals surface area (Å²) in [6, 6.07) is 10.2. The van der Waals surface area contributed by atoms with Gasteiger partial charge in [0.1, 0.15) is 6.10 Å². The van der Waals surface area contributed by atoms with Crippen molar-refractivity contribution in [1.82, 2.24) is 4.98 Å². The first kappa shape index (κ1) is 13.8. The number of aromatic nitrogens is 1. The fraction of sp³-hybridized carbons (Fsp3) is 0.353. The van der Waals surface area contributed by atoms with Gasteiger partial charge in [0.2, 0.25) is 0 Å². The number of nitrogens with zero attached hydrogens (tertiary/aromatic N) is 1. The summed E-state index contributed by atoms with van der Waals surface area (Å²) < 4.78 is 0. The molecule has 2 aromatic rings. The van der Waals surface area contributed by atoms with Crippen LogP contribution in [0.25, 0.3) is 0 Å². The molecule has 0 aliphatic heterocycles. The lowest BCUT2D eigenvalue weighted by molar-refractivity contribution is 0.219. The molecule has 0 aliphatic rings. The molecule has 1 N–H and O–H groups in total. The standard InChI is InChI=1S/C17H21NO/c1-12(2)7-14-5-4-6-15(9-14)17(19)16-8-13(3)10-18-11-16/h4-6,8-12,17,19H,7H2,1-3H3. The van der Waals surface area contributed by atoms with Gasteiger partial charge >= 0.3 is 0 Å². The third kappa shape index (κ3) is 3.65. The molecule has 0 saturated carbocycles. The number of hydrogen-bond donors (Lipinski definition) is 1. The Morgan fingerprint density at radius 3 is 2.58 bits per heavy atom. The molecule has 1 aromatic carbocycles. The topological polar surface area (TPSA) is 33.1 Å². The van der Waals surface area contributed by atoms with Gasteiger partial charge in [-0.1, -0.05) is 44.2 Å². The molecule has 0 radical (unpaired) electrons. The van der Waals surface area contributed by atoms with Crippen molar-refractivity contribution in [3.8, 4) is 0 Å². The zero-order valence-corrected chi connectivity index (χ0v) is 11.8. The van der Waals surface area contributed by atoms with Crippen molar-refractivity contribution in [3.63, 3.8) is 0 Å². The van der Waals surface area contributed by atoms with Crippen molar-refractivity contribution in [1.29, 1.82) is 0 Å². The predicted octanol–water partition coefficient (Wildman–Crippen LogP) is 3.67. The van der Waals surface area contributed by atoms with Gasteiger partial charge in [-0.25, -0.2) is 0 Å². The molecule has 0 fully saturated rings. The zero-order chi connectivity index (χ0) is 13.8. The van der Waals surface area contributed by atoms with Gasteiger partial charge in [-0.15, -0.1) is 0 Å². The Morgan fingerprint density at radius 1 is 1.11 bits per heavy atom. The monoisotopic (exact) mass is 255 g/mol. The van der Waals surface area contributed by atoms with E-state index >= 15 is 0 Å². The van der Waals surface area contributed by atoms with Crippen molar-refractivity contribution in [2.75, 3.05) is 0 Å². The average Bonchev–Trinajstić information content (AvgIpc) is 2.37. The predicted molar refractivity (Wildman–Crippen MR) is 78.0 cm³/mol. The second-order valence-corrected chi connectivity index (χ2v) is 5.54. The Balaban J connectivity index is 2.26. The van der Waals surface area contributed by atoms with E-state index in [2.05, 4.69) is 31.0 Å². The molecular weight excluding hydrogens is 234 g/mol. The van der Waals surface area contributed by atoms with Gasteiger partial charge in [0.25, 0.3) is 0 Å². The van der Waals surface area contributed by atoms with Crippen LogP contribution in [0.3, 0.4) is 0 Å². The summed E-state index contributed by atoms with van der Waals surface area (Å²) >= 11 is 0. The molecule has 2 rings (SSSR count). The minimum Gasteiger partial charge on any atom is -0.384 e. The quantitative estimate of drug-likeness (QED) is 0.904. The SMILES string of the molecule is Cc1cncc(C(O)c2cccc(CC(C)C)c2)c1. The van der Waals surface area contributed by atoms with E-state index in [1.165, 1.54) is 5.56 Å². The van der Waals surface area contributed by atoms with Crippen LogP contribution in [0.5, 0.6) is 0 Å². The van der Waals surface area contributed by atoms with E-state index in [1.54, 1.807) is 12.4 Å². The Morgan fingerprint density at radius 2 is 1.89 bits per heavy atom. The summed E-state index contributed by atoms with van der Waals surface area (Å²) in [5, 5.41) is 10.4. The van der Waals surface area contributed by atoms with Crippen molar-refractivity contribution < 1.29 is 5.11 Å². The minimum absolute atomic E-state index is 0.598. The van der Waals surface area contributed by atoms with Crippen LogP contribution in [0.2, 0.25) is 0 Å². The maximum atomic E-state index is 10.4. The third-order valence-corrected chi connectivity index (χ3v) is 3.12. The molecule has 19 heavy (non-hydrogen) atoms. The second kappa shape index (κ2) is 5.98. The van der Waals surface area contributed by atoms with Crippen molar-refractivity contribution in [2.45, 2.75) is 33.3 Å². The number of rotatable bonds is 4. The van der Waals surface area contributed by atoms with Crippen LogP contribution in [0, 0.1) is 12.8 Å². The van der Waals surface area contributed by atoms with Gasteiger partial charge in [0.15, 0.2) is 0 Å². The number of aliphatic hydroxyl groups is 1. The summed E-state index contributed by atoms with van der Waals surface area (Å²) in [6.45, 7) is 6.39. The molecule has 1 atom stereocenters. The maximum absolute atomic E-state index is 10.4. The van der Waals surface area contributed by atoms with Gasteiger partial charge in [-0.2, -0.15) is 0 Å². The zero-order valence-electron chi connectivity index (χ0n) is 11.8. The second-order valence-electron chi connectivity index (χ2n) is 5.54. The molecule has 1 aromatic heterocycles. The van der Waals surface area contributed by atoms with Gasteiger partial charge in [0.05, 0.1) is 0 Å². The van der Waals surface area contributed by atoms with Crippen LogP contribution in [0.4, 0.5) is 0 Å². The first-order valence-corrected chi connectivity index (χ1v) is 6.74. The first-order valence-electron chi connectivity index (χ1n) is 6.74. The van der Waals surface area contributed by atoms with E-state index in [1.807, 2.05) is 25.1 Å². The van der Waals surface area contributed by atoms with Gasteiger partial charge in [-0.05, 0) is 36.0 Å². The van der Waals surface area contributed by atoms with E-state index in [9.17, 15) is 5.11 Å². The van der Waals surface area contributed by atoms with Crippen LogP contribution < -0.4 is 0 Å². The van der Waals surface area contributed by atoms with Crippen LogP contribution in [-0.2, 0) is 6.42 Å². The van der Waals surface area contributed by atoms with E-state index in [0.29, 0.717) is 5.92 Å². The van der Waals surface area contributed by atoms with E-state index in [0.717, 1.165) is 23.1 Å². The molecule has 100 valence electrons. The number of aryl methyl sites for hydroxylation is 1. The fourth-order valence-electron chi connectivity index (χ4n) is 2.28. The van der Waals surface area contributed by atoms with Crippen molar-refractivity contribution in [3.05, 3.63) is 65.0 Å². The molecule has 0 aliphatic carbocycles. The fourth-order valence-corrected chi connectivity index (χ4v) is 2.28. The average molecular weight is 255 g/mol. The largest absolute Gasteiger partial charge is 0.384 e. The number of aliphatic hydroxyl groups excluding tert-OH is 1. The highest BCUT2D eigenvalue weighted by atomic mass is 16.3. The summed E-state index contributed by atoms with van der Waals surface area (Å²) in [5.74, 6) is 0.619. The van der Waals surface area contributed by atoms with Crippen LogP contribution in [0.1, 0.15) is 42.2 Å². The number of benzene rings is 1. The molecule has 0 bridgehead atoms. The van der Waals surface area contributed by atoms with E-state index in [4.69, 9.17) is 0 Å². The highest BCUT2D eigenvalue weighted by Gasteiger charge is 2.11. The molecule has 1 heterocycles.